The van der Waals surface area contributed by atoms with Crippen molar-refractivity contribution in [1.82, 2.24) is 19.8 Å². The summed E-state index contributed by atoms with van der Waals surface area (Å²) in [4.78, 5) is 25.6. The number of carbonyl (C=O) groups excluding carboxylic acids is 1. The van der Waals surface area contributed by atoms with Crippen LogP contribution in [0.2, 0.25) is 0 Å². The summed E-state index contributed by atoms with van der Waals surface area (Å²) >= 11 is 0. The van der Waals surface area contributed by atoms with Crippen LogP contribution in [0.3, 0.4) is 0 Å². The van der Waals surface area contributed by atoms with Gasteiger partial charge >= 0.3 is 0 Å². The highest BCUT2D eigenvalue weighted by molar-refractivity contribution is 5.94. The second-order valence-electron chi connectivity index (χ2n) is 6.94. The molecule has 2 heterocycles. The van der Waals surface area contributed by atoms with Crippen LogP contribution in [0.15, 0.2) is 42.5 Å². The first kappa shape index (κ1) is 18.4. The molecular formula is C21H20F2N4O. The minimum absolute atomic E-state index is 0.167. The fourth-order valence-electron chi connectivity index (χ4n) is 3.49. The number of piperazine rings is 1. The summed E-state index contributed by atoms with van der Waals surface area (Å²) in [5.74, 6) is -1.48. The number of amides is 1. The van der Waals surface area contributed by atoms with Gasteiger partial charge in [0.15, 0.2) is 11.6 Å². The molecule has 28 heavy (non-hydrogen) atoms. The van der Waals surface area contributed by atoms with Crippen molar-refractivity contribution in [2.45, 2.75) is 13.5 Å². The maximum Gasteiger partial charge on any atom is 0.254 e. The molecule has 1 aliphatic rings. The number of benzene rings is 2. The molecular weight excluding hydrogens is 362 g/mol. The Hall–Kier alpha value is -2.93. The van der Waals surface area contributed by atoms with Crippen molar-refractivity contribution in [1.29, 1.82) is 0 Å². The van der Waals surface area contributed by atoms with Crippen molar-refractivity contribution in [3.8, 4) is 0 Å². The number of aromatic nitrogens is 2. The summed E-state index contributed by atoms with van der Waals surface area (Å²) in [6, 6.07) is 11.2. The van der Waals surface area contributed by atoms with Crippen LogP contribution in [-0.4, -0.2) is 51.9 Å². The molecule has 5 nitrogen and oxygen atoms in total. The van der Waals surface area contributed by atoms with Gasteiger partial charge in [0.1, 0.15) is 5.82 Å². The van der Waals surface area contributed by atoms with E-state index in [1.807, 2.05) is 31.2 Å². The number of hydrogen-bond donors (Lipinski definition) is 0. The lowest BCUT2D eigenvalue weighted by Crippen LogP contribution is -2.48. The summed E-state index contributed by atoms with van der Waals surface area (Å²) in [6.45, 7) is 4.97. The molecule has 0 atom stereocenters. The zero-order valence-corrected chi connectivity index (χ0v) is 15.5. The summed E-state index contributed by atoms with van der Waals surface area (Å²) in [6.07, 6.45) is 0. The van der Waals surface area contributed by atoms with Gasteiger partial charge < -0.3 is 4.90 Å². The lowest BCUT2D eigenvalue weighted by atomic mass is 10.1. The first-order valence-electron chi connectivity index (χ1n) is 9.20. The molecule has 0 saturated carbocycles. The van der Waals surface area contributed by atoms with Gasteiger partial charge in [-0.3, -0.25) is 9.69 Å². The summed E-state index contributed by atoms with van der Waals surface area (Å²) in [7, 11) is 0. The fourth-order valence-corrected chi connectivity index (χ4v) is 3.49. The number of nitrogens with zero attached hydrogens (tertiary/aromatic N) is 4. The summed E-state index contributed by atoms with van der Waals surface area (Å²) in [5, 5.41) is 1.05. The molecule has 0 bridgehead atoms. The lowest BCUT2D eigenvalue weighted by molar-refractivity contribution is 0.0625. The van der Waals surface area contributed by atoms with Gasteiger partial charge in [-0.25, -0.2) is 18.7 Å². The van der Waals surface area contributed by atoms with Crippen molar-refractivity contribution >= 4 is 16.8 Å². The molecule has 0 aliphatic carbocycles. The molecule has 1 fully saturated rings. The fraction of sp³-hybridized carbons (Fsp3) is 0.286. The minimum Gasteiger partial charge on any atom is -0.336 e. The van der Waals surface area contributed by atoms with Crippen LogP contribution in [0.25, 0.3) is 10.9 Å². The van der Waals surface area contributed by atoms with Crippen LogP contribution in [0, 0.1) is 18.6 Å². The molecule has 7 heteroatoms. The number of para-hydroxylation sites is 1. The Bertz CT molecular complexity index is 1030. The standard InChI is InChI=1S/C21H20F2N4O/c1-14-16-4-2-3-5-19(16)25-20(24-14)13-26-8-10-27(11-9-26)21(28)15-6-7-17(22)18(23)12-15/h2-7,12H,8-11,13H2,1H3. The average molecular weight is 382 g/mol. The van der Waals surface area contributed by atoms with Crippen molar-refractivity contribution < 1.29 is 13.6 Å². The first-order valence-corrected chi connectivity index (χ1v) is 9.20. The molecule has 0 unspecified atom stereocenters. The molecule has 0 radical (unpaired) electrons. The van der Waals surface area contributed by atoms with Crippen molar-refractivity contribution in [3.05, 3.63) is 71.2 Å². The molecule has 2 aromatic carbocycles. The van der Waals surface area contributed by atoms with Crippen LogP contribution < -0.4 is 0 Å². The van der Waals surface area contributed by atoms with E-state index in [2.05, 4.69) is 14.9 Å². The third kappa shape index (κ3) is 3.71. The number of aryl methyl sites for hydroxylation is 1. The van der Waals surface area contributed by atoms with Gasteiger partial charge in [0.2, 0.25) is 0 Å². The second-order valence-corrected chi connectivity index (χ2v) is 6.94. The molecule has 1 aromatic heterocycles. The molecule has 1 saturated heterocycles. The van der Waals surface area contributed by atoms with Gasteiger partial charge in [0, 0.05) is 42.8 Å². The monoisotopic (exact) mass is 382 g/mol. The Balaban J connectivity index is 1.40. The van der Waals surface area contributed by atoms with Gasteiger partial charge in [0.25, 0.3) is 5.91 Å². The zero-order valence-electron chi connectivity index (χ0n) is 15.5. The van der Waals surface area contributed by atoms with E-state index in [9.17, 15) is 13.6 Å². The van der Waals surface area contributed by atoms with Crippen molar-refractivity contribution in [3.63, 3.8) is 0 Å². The van der Waals surface area contributed by atoms with Gasteiger partial charge in [-0.2, -0.15) is 0 Å². The topological polar surface area (TPSA) is 49.3 Å². The zero-order chi connectivity index (χ0) is 19.7. The highest BCUT2D eigenvalue weighted by Gasteiger charge is 2.23. The molecule has 3 aromatic rings. The van der Waals surface area contributed by atoms with Crippen LogP contribution in [-0.2, 0) is 6.54 Å². The highest BCUT2D eigenvalue weighted by Crippen LogP contribution is 2.17. The Morgan fingerprint density at radius 1 is 1.00 bits per heavy atom. The maximum atomic E-state index is 13.4. The van der Waals surface area contributed by atoms with Gasteiger partial charge in [0.05, 0.1) is 12.1 Å². The number of fused-ring (bicyclic) bond motifs is 1. The predicted octanol–water partition coefficient (Wildman–Crippen LogP) is 3.17. The van der Waals surface area contributed by atoms with E-state index in [4.69, 9.17) is 0 Å². The third-order valence-electron chi connectivity index (χ3n) is 5.03. The van der Waals surface area contributed by atoms with Crippen molar-refractivity contribution in [2.24, 2.45) is 0 Å². The van der Waals surface area contributed by atoms with Crippen LogP contribution >= 0.6 is 0 Å². The van der Waals surface area contributed by atoms with Gasteiger partial charge in [-0.05, 0) is 31.2 Å². The normalized spacial score (nSPS) is 15.2. The predicted molar refractivity (Wildman–Crippen MR) is 102 cm³/mol. The minimum atomic E-state index is -1.01. The van der Waals surface area contributed by atoms with E-state index in [-0.39, 0.29) is 11.5 Å². The molecule has 1 aliphatic heterocycles. The van der Waals surface area contributed by atoms with E-state index in [0.717, 1.165) is 34.6 Å². The molecule has 144 valence electrons. The second kappa shape index (κ2) is 7.59. The molecule has 1 amide bonds. The summed E-state index contributed by atoms with van der Waals surface area (Å²) in [5.41, 5.74) is 2.05. The lowest BCUT2D eigenvalue weighted by Gasteiger charge is -2.34. The van der Waals surface area contributed by atoms with Crippen molar-refractivity contribution in [2.75, 3.05) is 26.2 Å². The van der Waals surface area contributed by atoms with Crippen LogP contribution in [0.4, 0.5) is 8.78 Å². The van der Waals surface area contributed by atoms with E-state index >= 15 is 0 Å². The largest absolute Gasteiger partial charge is 0.336 e. The average Bonchev–Trinajstić information content (AvgIpc) is 2.70. The Morgan fingerprint density at radius 3 is 2.50 bits per heavy atom. The number of carbonyl (C=O) groups is 1. The maximum absolute atomic E-state index is 13.4. The Kier molecular flexibility index (Phi) is 5.00. The quantitative estimate of drug-likeness (QED) is 0.698. The van der Waals surface area contributed by atoms with Crippen LogP contribution in [0.5, 0.6) is 0 Å². The van der Waals surface area contributed by atoms with E-state index in [0.29, 0.717) is 32.7 Å². The van der Waals surface area contributed by atoms with Gasteiger partial charge in [-0.1, -0.05) is 18.2 Å². The van der Waals surface area contributed by atoms with E-state index in [1.54, 1.807) is 4.90 Å². The third-order valence-corrected chi connectivity index (χ3v) is 5.03. The molecule has 4 rings (SSSR count). The first-order chi connectivity index (χ1) is 13.5. The molecule has 0 N–H and O–H groups in total. The Morgan fingerprint density at radius 2 is 1.75 bits per heavy atom. The highest BCUT2D eigenvalue weighted by atomic mass is 19.2. The van der Waals surface area contributed by atoms with Gasteiger partial charge in [-0.15, -0.1) is 0 Å². The molecule has 0 spiro atoms. The number of hydrogen-bond acceptors (Lipinski definition) is 4. The van der Waals surface area contributed by atoms with E-state index < -0.39 is 11.6 Å². The number of halogens is 2. The van der Waals surface area contributed by atoms with E-state index in [1.165, 1.54) is 6.07 Å². The Labute approximate surface area is 161 Å². The number of rotatable bonds is 3. The van der Waals surface area contributed by atoms with Crippen LogP contribution in [0.1, 0.15) is 21.9 Å². The SMILES string of the molecule is Cc1nc(CN2CCN(C(=O)c3ccc(F)c(F)c3)CC2)nc2ccccc12. The smallest absolute Gasteiger partial charge is 0.254 e. The summed E-state index contributed by atoms with van der Waals surface area (Å²) < 4.78 is 26.5.